The first kappa shape index (κ1) is 14.0. The maximum Gasteiger partial charge on any atom is 0.235 e. The molecule has 4 nitrogen and oxygen atoms in total. The second-order valence-electron chi connectivity index (χ2n) is 4.33. The van der Waals surface area contributed by atoms with E-state index in [1.807, 2.05) is 32.2 Å². The average molecular weight is 256 g/mol. The third-order valence-corrected chi connectivity index (χ3v) is 4.46. The topological polar surface area (TPSA) is 58.2 Å². The van der Waals surface area contributed by atoms with Crippen LogP contribution in [0.3, 0.4) is 0 Å². The molecule has 0 saturated heterocycles. The minimum absolute atomic E-state index is 0.193. The molecule has 0 heterocycles. The summed E-state index contributed by atoms with van der Waals surface area (Å²) in [6.07, 6.45) is 0. The number of benzene rings is 1. The Morgan fingerprint density at radius 1 is 1.18 bits per heavy atom. The third kappa shape index (κ3) is 3.71. The molecule has 1 rings (SSSR count). The fourth-order valence-electron chi connectivity index (χ4n) is 1.32. The van der Waals surface area contributed by atoms with E-state index in [0.717, 1.165) is 5.56 Å². The smallest absolute Gasteiger partial charge is 0.235 e. The molecule has 0 saturated carbocycles. The van der Waals surface area contributed by atoms with Crippen LogP contribution in [0.15, 0.2) is 24.3 Å². The van der Waals surface area contributed by atoms with Crippen molar-refractivity contribution < 1.29 is 8.42 Å². The highest BCUT2D eigenvalue weighted by atomic mass is 32.2. The largest absolute Gasteiger partial charge is 0.313 e. The summed E-state index contributed by atoms with van der Waals surface area (Å²) in [7, 11) is -1.40. The Morgan fingerprint density at radius 3 is 2.35 bits per heavy atom. The van der Waals surface area contributed by atoms with Crippen molar-refractivity contribution >= 4 is 15.7 Å². The van der Waals surface area contributed by atoms with Gasteiger partial charge in [0.15, 0.2) is 0 Å². The summed E-state index contributed by atoms with van der Waals surface area (Å²) in [5.41, 5.74) is 1.66. The van der Waals surface area contributed by atoms with E-state index >= 15 is 0 Å². The van der Waals surface area contributed by atoms with Crippen LogP contribution in [0.1, 0.15) is 32.4 Å². The summed E-state index contributed by atoms with van der Waals surface area (Å²) < 4.78 is 26.0. The SMILES string of the molecule is CNC(C)c1cccc(NS(=O)(=O)C(C)C)c1. The van der Waals surface area contributed by atoms with E-state index in [9.17, 15) is 8.42 Å². The summed E-state index contributed by atoms with van der Waals surface area (Å²) in [6, 6.07) is 7.61. The van der Waals surface area contributed by atoms with Crippen LogP contribution in [-0.4, -0.2) is 20.7 Å². The summed E-state index contributed by atoms with van der Waals surface area (Å²) in [5.74, 6) is 0. The van der Waals surface area contributed by atoms with Crippen LogP contribution >= 0.6 is 0 Å². The Balaban J connectivity index is 2.94. The van der Waals surface area contributed by atoms with E-state index in [0.29, 0.717) is 5.69 Å². The minimum Gasteiger partial charge on any atom is -0.313 e. The molecule has 0 amide bonds. The van der Waals surface area contributed by atoms with Crippen LogP contribution in [-0.2, 0) is 10.0 Å². The maximum absolute atomic E-state index is 11.7. The number of hydrogen-bond donors (Lipinski definition) is 2. The molecule has 0 spiro atoms. The lowest BCUT2D eigenvalue weighted by Crippen LogP contribution is -2.22. The van der Waals surface area contributed by atoms with Gasteiger partial charge in [0.2, 0.25) is 10.0 Å². The average Bonchev–Trinajstić information content (AvgIpc) is 2.27. The van der Waals surface area contributed by atoms with Crippen molar-refractivity contribution in [2.75, 3.05) is 11.8 Å². The molecule has 1 aromatic rings. The van der Waals surface area contributed by atoms with Crippen LogP contribution in [0, 0.1) is 0 Å². The zero-order chi connectivity index (χ0) is 13.1. The monoisotopic (exact) mass is 256 g/mol. The molecular formula is C12H20N2O2S. The Kier molecular flexibility index (Phi) is 4.54. The van der Waals surface area contributed by atoms with Gasteiger partial charge in [0.25, 0.3) is 0 Å². The van der Waals surface area contributed by atoms with Crippen LogP contribution in [0.5, 0.6) is 0 Å². The van der Waals surface area contributed by atoms with Gasteiger partial charge in [-0.1, -0.05) is 12.1 Å². The summed E-state index contributed by atoms with van der Waals surface area (Å²) >= 11 is 0. The van der Waals surface area contributed by atoms with Gasteiger partial charge in [0, 0.05) is 11.7 Å². The number of nitrogens with one attached hydrogen (secondary N) is 2. The lowest BCUT2D eigenvalue weighted by Gasteiger charge is -2.14. The van der Waals surface area contributed by atoms with Gasteiger partial charge in [-0.3, -0.25) is 4.72 Å². The molecule has 1 atom stereocenters. The van der Waals surface area contributed by atoms with Crippen molar-refractivity contribution in [3.63, 3.8) is 0 Å². The zero-order valence-corrected chi connectivity index (χ0v) is 11.5. The molecule has 2 N–H and O–H groups in total. The fourth-order valence-corrected chi connectivity index (χ4v) is 2.01. The first-order chi connectivity index (χ1) is 7.86. The Labute approximate surface area is 103 Å². The standard InChI is InChI=1S/C12H20N2O2S/c1-9(2)17(15,16)14-12-7-5-6-11(8-12)10(3)13-4/h5-10,13-14H,1-4H3. The molecular weight excluding hydrogens is 236 g/mol. The predicted octanol–water partition coefficient (Wildman–Crippen LogP) is 2.12. The molecule has 1 unspecified atom stereocenters. The molecule has 0 aliphatic heterocycles. The van der Waals surface area contributed by atoms with E-state index in [4.69, 9.17) is 0 Å². The minimum atomic E-state index is -3.27. The van der Waals surface area contributed by atoms with Crippen molar-refractivity contribution in [2.45, 2.75) is 32.1 Å². The number of sulfonamides is 1. The summed E-state index contributed by atoms with van der Waals surface area (Å²) in [6.45, 7) is 5.33. The molecule has 0 fully saturated rings. The lowest BCUT2D eigenvalue weighted by atomic mass is 10.1. The molecule has 1 aromatic carbocycles. The molecule has 17 heavy (non-hydrogen) atoms. The van der Waals surface area contributed by atoms with Crippen LogP contribution in [0.4, 0.5) is 5.69 Å². The molecule has 0 radical (unpaired) electrons. The first-order valence-corrected chi connectivity index (χ1v) is 7.20. The van der Waals surface area contributed by atoms with Gasteiger partial charge in [-0.15, -0.1) is 0 Å². The Bertz CT molecular complexity index is 469. The zero-order valence-electron chi connectivity index (χ0n) is 10.7. The van der Waals surface area contributed by atoms with Gasteiger partial charge < -0.3 is 5.32 Å². The highest BCUT2D eigenvalue weighted by Crippen LogP contribution is 2.18. The van der Waals surface area contributed by atoms with Crippen molar-refractivity contribution in [1.29, 1.82) is 0 Å². The second kappa shape index (κ2) is 5.51. The van der Waals surface area contributed by atoms with Crippen molar-refractivity contribution in [3.05, 3.63) is 29.8 Å². The molecule has 0 aromatic heterocycles. The van der Waals surface area contributed by atoms with Crippen molar-refractivity contribution in [3.8, 4) is 0 Å². The van der Waals surface area contributed by atoms with Crippen LogP contribution < -0.4 is 10.0 Å². The summed E-state index contributed by atoms with van der Waals surface area (Å²) in [4.78, 5) is 0. The van der Waals surface area contributed by atoms with E-state index in [2.05, 4.69) is 10.0 Å². The number of anilines is 1. The Hall–Kier alpha value is -1.07. The van der Waals surface area contributed by atoms with Gasteiger partial charge in [0.05, 0.1) is 5.25 Å². The maximum atomic E-state index is 11.7. The first-order valence-electron chi connectivity index (χ1n) is 5.65. The van der Waals surface area contributed by atoms with Gasteiger partial charge in [-0.25, -0.2) is 8.42 Å². The number of hydrogen-bond acceptors (Lipinski definition) is 3. The van der Waals surface area contributed by atoms with E-state index in [1.165, 1.54) is 0 Å². The lowest BCUT2D eigenvalue weighted by molar-refractivity contribution is 0.592. The third-order valence-electron chi connectivity index (χ3n) is 2.70. The van der Waals surface area contributed by atoms with E-state index in [1.54, 1.807) is 19.9 Å². The number of rotatable bonds is 5. The fraction of sp³-hybridized carbons (Fsp3) is 0.500. The molecule has 0 bridgehead atoms. The Morgan fingerprint density at radius 2 is 1.82 bits per heavy atom. The predicted molar refractivity (Wildman–Crippen MR) is 71.6 cm³/mol. The molecule has 0 aliphatic carbocycles. The highest BCUT2D eigenvalue weighted by Gasteiger charge is 2.15. The van der Waals surface area contributed by atoms with Crippen molar-refractivity contribution in [1.82, 2.24) is 5.32 Å². The summed E-state index contributed by atoms with van der Waals surface area (Å²) in [5, 5.41) is 2.68. The molecule has 96 valence electrons. The molecule has 5 heteroatoms. The molecule has 0 aliphatic rings. The van der Waals surface area contributed by atoms with Crippen molar-refractivity contribution in [2.24, 2.45) is 0 Å². The normalized spacial score (nSPS) is 13.7. The van der Waals surface area contributed by atoms with E-state index in [-0.39, 0.29) is 6.04 Å². The second-order valence-corrected chi connectivity index (χ2v) is 6.57. The van der Waals surface area contributed by atoms with Crippen LogP contribution in [0.2, 0.25) is 0 Å². The van der Waals surface area contributed by atoms with Gasteiger partial charge in [0.1, 0.15) is 0 Å². The van der Waals surface area contributed by atoms with E-state index < -0.39 is 15.3 Å². The van der Waals surface area contributed by atoms with Gasteiger partial charge >= 0.3 is 0 Å². The van der Waals surface area contributed by atoms with Crippen LogP contribution in [0.25, 0.3) is 0 Å². The van der Waals surface area contributed by atoms with Gasteiger partial charge in [-0.05, 0) is 45.5 Å². The van der Waals surface area contributed by atoms with Gasteiger partial charge in [-0.2, -0.15) is 0 Å². The highest BCUT2D eigenvalue weighted by molar-refractivity contribution is 7.93. The quantitative estimate of drug-likeness (QED) is 0.848.